The van der Waals surface area contributed by atoms with E-state index in [1.807, 2.05) is 0 Å². The van der Waals surface area contributed by atoms with Gasteiger partial charge >= 0.3 is 0 Å². The van der Waals surface area contributed by atoms with Crippen LogP contribution >= 0.6 is 24.8 Å². The van der Waals surface area contributed by atoms with E-state index in [0.717, 1.165) is 0 Å². The topological polar surface area (TPSA) is 86.2 Å². The largest absolute Gasteiger partial charge is 0.390 e. The molecule has 1 aromatic rings. The van der Waals surface area contributed by atoms with Crippen molar-refractivity contribution in [3.63, 3.8) is 0 Å². The summed E-state index contributed by atoms with van der Waals surface area (Å²) in [6.45, 7) is 1.02. The highest BCUT2D eigenvalue weighted by Crippen LogP contribution is 2.16. The number of hydrogen-bond acceptors (Lipinski definition) is 5. The number of hydrogen-bond donors (Lipinski definition) is 2. The molecule has 0 aliphatic carbocycles. The lowest BCUT2D eigenvalue weighted by atomic mass is 10.2. The van der Waals surface area contributed by atoms with E-state index < -0.39 is 0 Å². The van der Waals surface area contributed by atoms with Crippen LogP contribution < -0.4 is 5.73 Å². The highest BCUT2D eigenvalue weighted by Gasteiger charge is 2.27. The Morgan fingerprint density at radius 1 is 1.53 bits per heavy atom. The Kier molecular flexibility index (Phi) is 6.07. The van der Waals surface area contributed by atoms with E-state index in [4.69, 9.17) is 15.6 Å². The molecule has 2 rings (SSSR count). The van der Waals surface area contributed by atoms with Crippen molar-refractivity contribution in [1.82, 2.24) is 15.0 Å². The van der Waals surface area contributed by atoms with Crippen LogP contribution in [0.2, 0.25) is 0 Å². The van der Waals surface area contributed by atoms with Crippen molar-refractivity contribution in [2.75, 3.05) is 13.2 Å². The van der Waals surface area contributed by atoms with Gasteiger partial charge in [-0.25, -0.2) is 4.68 Å². The van der Waals surface area contributed by atoms with Crippen molar-refractivity contribution < 1.29 is 9.84 Å². The van der Waals surface area contributed by atoms with Crippen LogP contribution in [0.1, 0.15) is 11.7 Å². The molecule has 88 valence electrons. The SMILES string of the molecule is Cl.Cl.NC1COCC1n1cc(CO)nn1. The van der Waals surface area contributed by atoms with Crippen molar-refractivity contribution in [3.05, 3.63) is 11.9 Å². The molecule has 0 amide bonds. The first-order chi connectivity index (χ1) is 6.31. The summed E-state index contributed by atoms with van der Waals surface area (Å²) in [6.07, 6.45) is 1.69. The van der Waals surface area contributed by atoms with Gasteiger partial charge in [-0.2, -0.15) is 0 Å². The minimum absolute atomic E-state index is 0. The van der Waals surface area contributed by atoms with Crippen molar-refractivity contribution in [3.8, 4) is 0 Å². The fraction of sp³-hybridized carbons (Fsp3) is 0.714. The summed E-state index contributed by atoms with van der Waals surface area (Å²) >= 11 is 0. The predicted octanol–water partition coefficient (Wildman–Crippen LogP) is -0.487. The number of halogens is 2. The number of ether oxygens (including phenoxy) is 1. The molecule has 2 heterocycles. The standard InChI is InChI=1S/C7H12N4O2.2ClH/c8-6-3-13-4-7(6)11-1-5(2-12)9-10-11;;/h1,6-7,12H,2-4,8H2;2*1H. The molecule has 2 unspecified atom stereocenters. The van der Waals surface area contributed by atoms with Crippen LogP contribution in [0.25, 0.3) is 0 Å². The zero-order chi connectivity index (χ0) is 9.26. The molecule has 1 aliphatic rings. The van der Waals surface area contributed by atoms with E-state index in [1.165, 1.54) is 0 Å². The lowest BCUT2D eigenvalue weighted by molar-refractivity contribution is 0.183. The third-order valence-corrected chi connectivity index (χ3v) is 2.15. The van der Waals surface area contributed by atoms with Gasteiger partial charge in [0.1, 0.15) is 5.69 Å². The maximum Gasteiger partial charge on any atom is 0.108 e. The molecule has 15 heavy (non-hydrogen) atoms. The highest BCUT2D eigenvalue weighted by atomic mass is 35.5. The lowest BCUT2D eigenvalue weighted by Gasteiger charge is -2.11. The molecule has 6 nitrogen and oxygen atoms in total. The highest BCUT2D eigenvalue weighted by molar-refractivity contribution is 5.85. The van der Waals surface area contributed by atoms with E-state index in [0.29, 0.717) is 18.9 Å². The van der Waals surface area contributed by atoms with E-state index in [2.05, 4.69) is 10.3 Å². The van der Waals surface area contributed by atoms with Crippen LogP contribution in [-0.2, 0) is 11.3 Å². The molecule has 1 aliphatic heterocycles. The number of rotatable bonds is 2. The van der Waals surface area contributed by atoms with Gasteiger partial charge in [0.25, 0.3) is 0 Å². The van der Waals surface area contributed by atoms with Crippen molar-refractivity contribution >= 4 is 24.8 Å². The summed E-state index contributed by atoms with van der Waals surface area (Å²) in [5, 5.41) is 16.4. The molecule has 2 atom stereocenters. The third-order valence-electron chi connectivity index (χ3n) is 2.15. The van der Waals surface area contributed by atoms with Crippen LogP contribution in [0.3, 0.4) is 0 Å². The van der Waals surface area contributed by atoms with Crippen LogP contribution in [0.4, 0.5) is 0 Å². The van der Waals surface area contributed by atoms with Crippen molar-refractivity contribution in [2.45, 2.75) is 18.7 Å². The van der Waals surface area contributed by atoms with Gasteiger partial charge in [0.05, 0.1) is 38.1 Å². The zero-order valence-electron chi connectivity index (χ0n) is 7.94. The van der Waals surface area contributed by atoms with Gasteiger partial charge < -0.3 is 15.6 Å². The molecule has 1 fully saturated rings. The Morgan fingerprint density at radius 2 is 2.27 bits per heavy atom. The van der Waals surface area contributed by atoms with Gasteiger partial charge in [-0.3, -0.25) is 0 Å². The molecule has 0 bridgehead atoms. The average Bonchev–Trinajstić information content (AvgIpc) is 2.71. The number of nitrogens with two attached hydrogens (primary N) is 1. The van der Waals surface area contributed by atoms with E-state index in [-0.39, 0.29) is 43.5 Å². The number of nitrogens with zero attached hydrogens (tertiary/aromatic N) is 3. The summed E-state index contributed by atoms with van der Waals surface area (Å²) in [6, 6.07) is 0.0149. The van der Waals surface area contributed by atoms with E-state index in [9.17, 15) is 0 Å². The van der Waals surface area contributed by atoms with Gasteiger partial charge in [0, 0.05) is 0 Å². The minimum Gasteiger partial charge on any atom is -0.390 e. The van der Waals surface area contributed by atoms with Crippen LogP contribution in [0.5, 0.6) is 0 Å². The Hall–Kier alpha value is -0.400. The molecule has 1 saturated heterocycles. The Morgan fingerprint density at radius 3 is 2.73 bits per heavy atom. The molecule has 0 spiro atoms. The smallest absolute Gasteiger partial charge is 0.108 e. The molecule has 0 saturated carbocycles. The number of aromatic nitrogens is 3. The molecule has 3 N–H and O–H groups in total. The summed E-state index contributed by atoms with van der Waals surface area (Å²) in [5.74, 6) is 0. The van der Waals surface area contributed by atoms with Crippen LogP contribution in [0, 0.1) is 0 Å². The van der Waals surface area contributed by atoms with Gasteiger partial charge in [-0.1, -0.05) is 5.21 Å². The third kappa shape index (κ3) is 3.02. The Labute approximate surface area is 99.6 Å². The van der Waals surface area contributed by atoms with Gasteiger partial charge in [-0.15, -0.1) is 29.9 Å². The molecule has 0 aromatic carbocycles. The molecular weight excluding hydrogens is 243 g/mol. The molecule has 1 aromatic heterocycles. The second-order valence-corrected chi connectivity index (χ2v) is 3.12. The second-order valence-electron chi connectivity index (χ2n) is 3.12. The van der Waals surface area contributed by atoms with Gasteiger partial charge in [0.15, 0.2) is 0 Å². The molecule has 8 heteroatoms. The maximum absolute atomic E-state index is 8.78. The predicted molar refractivity (Wildman–Crippen MR) is 58.3 cm³/mol. The quantitative estimate of drug-likeness (QED) is 0.746. The monoisotopic (exact) mass is 256 g/mol. The normalized spacial score (nSPS) is 24.4. The van der Waals surface area contributed by atoms with Crippen molar-refractivity contribution in [2.24, 2.45) is 5.73 Å². The first-order valence-corrected chi connectivity index (χ1v) is 4.16. The first-order valence-electron chi connectivity index (χ1n) is 4.16. The minimum atomic E-state index is -0.0944. The number of aliphatic hydroxyl groups excluding tert-OH is 1. The Balaban J connectivity index is 0.000000980. The summed E-state index contributed by atoms with van der Waals surface area (Å²) in [5.41, 5.74) is 6.34. The fourth-order valence-electron chi connectivity index (χ4n) is 1.38. The van der Waals surface area contributed by atoms with Gasteiger partial charge in [-0.05, 0) is 0 Å². The van der Waals surface area contributed by atoms with Crippen molar-refractivity contribution in [1.29, 1.82) is 0 Å². The fourth-order valence-corrected chi connectivity index (χ4v) is 1.38. The van der Waals surface area contributed by atoms with Crippen LogP contribution in [0.15, 0.2) is 6.20 Å². The summed E-state index contributed by atoms with van der Waals surface area (Å²) in [4.78, 5) is 0. The van der Waals surface area contributed by atoms with Crippen LogP contribution in [-0.4, -0.2) is 39.4 Å². The maximum atomic E-state index is 8.78. The summed E-state index contributed by atoms with van der Waals surface area (Å²) in [7, 11) is 0. The first kappa shape index (κ1) is 14.6. The molecular formula is C7H14Cl2N4O2. The van der Waals surface area contributed by atoms with E-state index >= 15 is 0 Å². The Bertz CT molecular complexity index is 296. The van der Waals surface area contributed by atoms with E-state index in [1.54, 1.807) is 10.9 Å². The number of aliphatic hydroxyl groups is 1. The lowest BCUT2D eigenvalue weighted by Crippen LogP contribution is -2.31. The molecule has 0 radical (unpaired) electrons. The summed E-state index contributed by atoms with van der Waals surface area (Å²) < 4.78 is 6.85. The second kappa shape index (κ2) is 6.24. The van der Waals surface area contributed by atoms with Gasteiger partial charge in [0.2, 0.25) is 0 Å². The zero-order valence-corrected chi connectivity index (χ0v) is 9.58. The average molecular weight is 257 g/mol.